The van der Waals surface area contributed by atoms with Gasteiger partial charge in [-0.2, -0.15) is 9.97 Å². The van der Waals surface area contributed by atoms with Gasteiger partial charge in [0.2, 0.25) is 11.9 Å². The summed E-state index contributed by atoms with van der Waals surface area (Å²) in [5.41, 5.74) is 1.51. The number of carbonyl (C=O) groups excluding carboxylic acids is 2. The van der Waals surface area contributed by atoms with Gasteiger partial charge in [-0.3, -0.25) is 14.7 Å². The standard InChI is InChI=1S/C26H26N6O6/c1-2-20(35)28-25-29-23-22(27-15-31(23)21-13-18(34)19(14-33)37-21)24(30-25)38-26(36)32(16-9-5-3-6-10-16)17-11-7-4-8-12-17/h3-12,15,18-19,21,33-34H,2,13-14H2,1H3,(H,28,29,30,35)/t18-,19+,21?/m0/s1. The zero-order valence-corrected chi connectivity index (χ0v) is 20.5. The molecule has 2 aromatic carbocycles. The molecule has 3 heterocycles. The molecule has 12 heteroatoms. The van der Waals surface area contributed by atoms with Crippen LogP contribution in [0.4, 0.5) is 22.1 Å². The van der Waals surface area contributed by atoms with Crippen molar-refractivity contribution in [2.45, 2.75) is 38.2 Å². The van der Waals surface area contributed by atoms with E-state index in [-0.39, 0.29) is 48.3 Å². The number of aliphatic hydroxyl groups is 2. The highest BCUT2D eigenvalue weighted by Crippen LogP contribution is 2.34. The van der Waals surface area contributed by atoms with Crippen LogP contribution in [0.5, 0.6) is 5.88 Å². The summed E-state index contributed by atoms with van der Waals surface area (Å²) in [4.78, 5) is 40.1. The number of aromatic nitrogens is 4. The third-order valence-corrected chi connectivity index (χ3v) is 6.05. The van der Waals surface area contributed by atoms with Gasteiger partial charge in [-0.1, -0.05) is 43.3 Å². The Morgan fingerprint density at radius 3 is 2.34 bits per heavy atom. The number of nitrogens with zero attached hydrogens (tertiary/aromatic N) is 5. The van der Waals surface area contributed by atoms with Gasteiger partial charge in [0.1, 0.15) is 12.3 Å². The van der Waals surface area contributed by atoms with Crippen LogP contribution in [0.3, 0.4) is 0 Å². The van der Waals surface area contributed by atoms with Crippen molar-refractivity contribution >= 4 is 40.5 Å². The fraction of sp³-hybridized carbons (Fsp3) is 0.269. The quantitative estimate of drug-likeness (QED) is 0.335. The number of carbonyl (C=O) groups is 2. The second kappa shape index (κ2) is 10.9. The third-order valence-electron chi connectivity index (χ3n) is 6.05. The minimum atomic E-state index is -0.883. The number of para-hydroxylation sites is 2. The van der Waals surface area contributed by atoms with E-state index in [4.69, 9.17) is 9.47 Å². The summed E-state index contributed by atoms with van der Waals surface area (Å²) >= 11 is 0. The second-order valence-corrected chi connectivity index (χ2v) is 8.57. The van der Waals surface area contributed by atoms with Crippen LogP contribution in [0, 0.1) is 0 Å². The Balaban J connectivity index is 1.55. The largest absolute Gasteiger partial charge is 0.425 e. The lowest BCUT2D eigenvalue weighted by atomic mass is 10.2. The van der Waals surface area contributed by atoms with Crippen LogP contribution in [-0.2, 0) is 9.53 Å². The average Bonchev–Trinajstić information content (AvgIpc) is 3.53. The lowest BCUT2D eigenvalue weighted by molar-refractivity contribution is -0.115. The Hall–Kier alpha value is -4.39. The number of hydrogen-bond acceptors (Lipinski definition) is 9. The highest BCUT2D eigenvalue weighted by molar-refractivity contribution is 5.98. The Labute approximate surface area is 217 Å². The SMILES string of the molecule is CCC(=O)Nc1nc(OC(=O)N(c2ccccc2)c2ccccc2)c2ncn(C3C[C@H](O)[C@@H](CO)O3)c2n1. The molecule has 1 aliphatic rings. The molecule has 1 aliphatic heterocycles. The molecule has 1 unspecified atom stereocenters. The van der Waals surface area contributed by atoms with Crippen LogP contribution < -0.4 is 15.0 Å². The van der Waals surface area contributed by atoms with Gasteiger partial charge in [0.15, 0.2) is 11.2 Å². The molecule has 0 bridgehead atoms. The predicted octanol–water partition coefficient (Wildman–Crippen LogP) is 3.15. The Morgan fingerprint density at radius 2 is 1.76 bits per heavy atom. The molecule has 1 saturated heterocycles. The number of amides is 2. The maximum Gasteiger partial charge on any atom is 0.425 e. The third kappa shape index (κ3) is 5.05. The van der Waals surface area contributed by atoms with E-state index in [2.05, 4.69) is 20.3 Å². The van der Waals surface area contributed by atoms with E-state index in [1.165, 1.54) is 11.2 Å². The maximum absolute atomic E-state index is 13.6. The van der Waals surface area contributed by atoms with Crippen molar-refractivity contribution in [2.24, 2.45) is 0 Å². The molecular weight excluding hydrogens is 492 g/mol. The summed E-state index contributed by atoms with van der Waals surface area (Å²) in [7, 11) is 0. The molecule has 38 heavy (non-hydrogen) atoms. The summed E-state index contributed by atoms with van der Waals surface area (Å²) < 4.78 is 13.1. The minimum Gasteiger partial charge on any atom is -0.394 e. The van der Waals surface area contributed by atoms with Crippen LogP contribution in [-0.4, -0.2) is 60.5 Å². The van der Waals surface area contributed by atoms with Crippen molar-refractivity contribution in [3.8, 4) is 5.88 Å². The van der Waals surface area contributed by atoms with E-state index >= 15 is 0 Å². The van der Waals surface area contributed by atoms with Crippen LogP contribution in [0.15, 0.2) is 67.0 Å². The molecule has 0 saturated carbocycles. The van der Waals surface area contributed by atoms with Gasteiger partial charge in [-0.05, 0) is 24.3 Å². The van der Waals surface area contributed by atoms with Crippen LogP contribution in [0.1, 0.15) is 26.0 Å². The number of rotatable bonds is 7. The molecule has 3 N–H and O–H groups in total. The van der Waals surface area contributed by atoms with E-state index in [9.17, 15) is 19.8 Å². The van der Waals surface area contributed by atoms with E-state index < -0.39 is 24.5 Å². The maximum atomic E-state index is 13.6. The van der Waals surface area contributed by atoms with Gasteiger partial charge in [0, 0.05) is 12.8 Å². The summed E-state index contributed by atoms with van der Waals surface area (Å²) in [6.07, 6.45) is -1.30. The molecule has 0 radical (unpaired) electrons. The van der Waals surface area contributed by atoms with Gasteiger partial charge in [-0.15, -0.1) is 0 Å². The van der Waals surface area contributed by atoms with Gasteiger partial charge in [0.25, 0.3) is 5.88 Å². The first-order valence-corrected chi connectivity index (χ1v) is 12.1. The molecule has 1 fully saturated rings. The normalized spacial score (nSPS) is 18.9. The van der Waals surface area contributed by atoms with Crippen molar-refractivity contribution in [3.63, 3.8) is 0 Å². The first-order valence-electron chi connectivity index (χ1n) is 12.1. The smallest absolute Gasteiger partial charge is 0.394 e. The number of nitrogens with one attached hydrogen (secondary N) is 1. The first kappa shape index (κ1) is 25.3. The fourth-order valence-corrected chi connectivity index (χ4v) is 4.13. The minimum absolute atomic E-state index is 0.0860. The van der Waals surface area contributed by atoms with Gasteiger partial charge < -0.3 is 19.7 Å². The topological polar surface area (TPSA) is 152 Å². The van der Waals surface area contributed by atoms with E-state index in [1.54, 1.807) is 60.0 Å². The number of ether oxygens (including phenoxy) is 2. The lowest BCUT2D eigenvalue weighted by Crippen LogP contribution is -2.29. The summed E-state index contributed by atoms with van der Waals surface area (Å²) in [6.45, 7) is 1.33. The predicted molar refractivity (Wildman–Crippen MR) is 137 cm³/mol. The zero-order valence-electron chi connectivity index (χ0n) is 20.5. The average molecular weight is 519 g/mol. The number of aliphatic hydroxyl groups excluding tert-OH is 2. The number of fused-ring (bicyclic) bond motifs is 1. The van der Waals surface area contributed by atoms with Gasteiger partial charge >= 0.3 is 6.09 Å². The Kier molecular flexibility index (Phi) is 7.26. The molecule has 2 amide bonds. The lowest BCUT2D eigenvalue weighted by Gasteiger charge is -2.22. The van der Waals surface area contributed by atoms with E-state index in [1.807, 2.05) is 12.1 Å². The molecule has 196 valence electrons. The fourth-order valence-electron chi connectivity index (χ4n) is 4.13. The van der Waals surface area contributed by atoms with Crippen molar-refractivity contribution in [3.05, 3.63) is 67.0 Å². The Morgan fingerprint density at radius 1 is 1.11 bits per heavy atom. The van der Waals surface area contributed by atoms with Crippen molar-refractivity contribution in [1.29, 1.82) is 0 Å². The summed E-state index contributed by atoms with van der Waals surface area (Å²) in [5, 5.41) is 22.3. The second-order valence-electron chi connectivity index (χ2n) is 8.57. The Bertz CT molecular complexity index is 1390. The molecule has 0 spiro atoms. The van der Waals surface area contributed by atoms with Crippen molar-refractivity contribution < 1.29 is 29.3 Å². The van der Waals surface area contributed by atoms with E-state index in [0.717, 1.165) is 0 Å². The van der Waals surface area contributed by atoms with Crippen LogP contribution in [0.2, 0.25) is 0 Å². The van der Waals surface area contributed by atoms with Gasteiger partial charge in [0.05, 0.1) is 30.4 Å². The first-order chi connectivity index (χ1) is 18.5. The number of imidazole rings is 1. The molecule has 0 aliphatic carbocycles. The van der Waals surface area contributed by atoms with Crippen molar-refractivity contribution in [2.75, 3.05) is 16.8 Å². The van der Waals surface area contributed by atoms with Crippen LogP contribution in [0.25, 0.3) is 11.2 Å². The molecule has 2 aromatic heterocycles. The highest BCUT2D eigenvalue weighted by Gasteiger charge is 2.36. The number of hydrogen-bond donors (Lipinski definition) is 3. The number of benzene rings is 2. The summed E-state index contributed by atoms with van der Waals surface area (Å²) in [5.74, 6) is -0.591. The monoisotopic (exact) mass is 518 g/mol. The zero-order chi connectivity index (χ0) is 26.6. The molecule has 4 aromatic rings. The highest BCUT2D eigenvalue weighted by atomic mass is 16.6. The molecule has 3 atom stereocenters. The molecular formula is C26H26N6O6. The van der Waals surface area contributed by atoms with E-state index in [0.29, 0.717) is 11.4 Å². The van der Waals surface area contributed by atoms with Gasteiger partial charge in [-0.25, -0.2) is 14.7 Å². The molecule has 5 rings (SSSR count). The van der Waals surface area contributed by atoms with Crippen molar-refractivity contribution in [1.82, 2.24) is 19.5 Å². The number of anilines is 3. The van der Waals surface area contributed by atoms with Crippen LogP contribution >= 0.6 is 0 Å². The summed E-state index contributed by atoms with van der Waals surface area (Å²) in [6, 6.07) is 18.0. The molecule has 12 nitrogen and oxygen atoms in total.